The lowest BCUT2D eigenvalue weighted by atomic mass is 10.0. The van der Waals surface area contributed by atoms with Crippen LogP contribution in [0.4, 0.5) is 0 Å². The lowest BCUT2D eigenvalue weighted by molar-refractivity contribution is 0.0932. The van der Waals surface area contributed by atoms with Crippen molar-refractivity contribution in [3.05, 3.63) is 65.4 Å². The summed E-state index contributed by atoms with van der Waals surface area (Å²) in [5.74, 6) is -0.148. The van der Waals surface area contributed by atoms with Crippen molar-refractivity contribution in [2.75, 3.05) is 0 Å². The highest BCUT2D eigenvalue weighted by Crippen LogP contribution is 2.20. The minimum Gasteiger partial charge on any atom is -0.344 e. The van der Waals surface area contributed by atoms with Crippen molar-refractivity contribution >= 4 is 16.8 Å². The van der Waals surface area contributed by atoms with E-state index >= 15 is 0 Å². The van der Waals surface area contributed by atoms with E-state index in [1.54, 1.807) is 0 Å². The normalized spacial score (nSPS) is 12.3. The lowest BCUT2D eigenvalue weighted by Crippen LogP contribution is -2.28. The van der Waals surface area contributed by atoms with Gasteiger partial charge in [0.05, 0.1) is 11.6 Å². The molecule has 2 N–H and O–H groups in total. The molecule has 0 bridgehead atoms. The third-order valence-corrected chi connectivity index (χ3v) is 3.88. The molecule has 0 spiro atoms. The zero-order chi connectivity index (χ0) is 15.5. The number of H-pyrrole nitrogens is 1. The number of aromatic amines is 1. The van der Waals surface area contributed by atoms with Gasteiger partial charge in [0.1, 0.15) is 0 Å². The van der Waals surface area contributed by atoms with E-state index in [0.717, 1.165) is 22.9 Å². The molecule has 1 aromatic heterocycles. The van der Waals surface area contributed by atoms with Crippen LogP contribution < -0.4 is 5.32 Å². The monoisotopic (exact) mass is 293 g/mol. The first kappa shape index (κ1) is 14.3. The fourth-order valence-corrected chi connectivity index (χ4v) is 2.58. The highest BCUT2D eigenvalue weighted by molar-refractivity contribution is 6.04. The van der Waals surface area contributed by atoms with Crippen molar-refractivity contribution in [1.29, 1.82) is 0 Å². The van der Waals surface area contributed by atoms with Crippen molar-refractivity contribution in [3.63, 3.8) is 0 Å². The first-order valence-electron chi connectivity index (χ1n) is 7.49. The minimum absolute atomic E-state index is 0.0106. The molecule has 3 rings (SSSR count). The summed E-state index contributed by atoms with van der Waals surface area (Å²) in [5, 5.41) is 11.0. The molecular formula is C18H19N3O. The number of carbonyl (C=O) groups is 1. The number of amides is 1. The van der Waals surface area contributed by atoms with Crippen LogP contribution in [0.1, 0.15) is 41.0 Å². The molecule has 4 heteroatoms. The van der Waals surface area contributed by atoms with Crippen LogP contribution in [0.25, 0.3) is 10.9 Å². The molecule has 22 heavy (non-hydrogen) atoms. The molecule has 1 unspecified atom stereocenters. The molecular weight excluding hydrogens is 274 g/mol. The van der Waals surface area contributed by atoms with Crippen molar-refractivity contribution in [2.24, 2.45) is 0 Å². The van der Waals surface area contributed by atoms with Crippen LogP contribution in [0.2, 0.25) is 0 Å². The number of nitrogens with one attached hydrogen (secondary N) is 2. The number of hydrogen-bond donors (Lipinski definition) is 2. The Morgan fingerprint density at radius 3 is 2.64 bits per heavy atom. The Hall–Kier alpha value is -2.62. The number of carbonyl (C=O) groups excluding carboxylic acids is 1. The molecule has 0 fully saturated rings. The summed E-state index contributed by atoms with van der Waals surface area (Å²) < 4.78 is 0. The van der Waals surface area contributed by atoms with Gasteiger partial charge < -0.3 is 5.32 Å². The average molecular weight is 293 g/mol. The second-order valence-corrected chi connectivity index (χ2v) is 5.46. The van der Waals surface area contributed by atoms with Crippen LogP contribution in [-0.2, 0) is 0 Å². The Kier molecular flexibility index (Phi) is 3.92. The maximum atomic E-state index is 12.5. The smallest absolute Gasteiger partial charge is 0.272 e. The Morgan fingerprint density at radius 1 is 1.18 bits per heavy atom. The Bertz CT molecular complexity index is 789. The fourth-order valence-electron chi connectivity index (χ4n) is 2.58. The Morgan fingerprint density at radius 2 is 1.91 bits per heavy atom. The van der Waals surface area contributed by atoms with Crippen molar-refractivity contribution in [1.82, 2.24) is 15.5 Å². The Balaban J connectivity index is 1.84. The summed E-state index contributed by atoms with van der Waals surface area (Å²) >= 11 is 0. The zero-order valence-electron chi connectivity index (χ0n) is 12.8. The van der Waals surface area contributed by atoms with Gasteiger partial charge in [-0.3, -0.25) is 9.89 Å². The number of aryl methyl sites for hydroxylation is 1. The number of aromatic nitrogens is 2. The standard InChI is InChI=1S/C18H19N3O/c1-3-15(13-10-8-12(2)9-11-13)19-18(22)17-14-6-4-5-7-16(14)20-21-17/h4-11,15H,3H2,1-2H3,(H,19,22)(H,20,21). The number of hydrogen-bond acceptors (Lipinski definition) is 2. The van der Waals surface area contributed by atoms with Crippen LogP contribution in [0, 0.1) is 6.92 Å². The van der Waals surface area contributed by atoms with Gasteiger partial charge in [-0.2, -0.15) is 5.10 Å². The van der Waals surface area contributed by atoms with Gasteiger partial charge in [0, 0.05) is 5.39 Å². The zero-order valence-corrected chi connectivity index (χ0v) is 12.8. The van der Waals surface area contributed by atoms with Crippen LogP contribution in [0.15, 0.2) is 48.5 Å². The quantitative estimate of drug-likeness (QED) is 0.769. The van der Waals surface area contributed by atoms with E-state index in [1.165, 1.54) is 5.56 Å². The summed E-state index contributed by atoms with van der Waals surface area (Å²) in [6.07, 6.45) is 0.831. The van der Waals surface area contributed by atoms with Gasteiger partial charge in [-0.05, 0) is 25.0 Å². The molecule has 0 aliphatic carbocycles. The maximum absolute atomic E-state index is 12.5. The van der Waals surface area contributed by atoms with Gasteiger partial charge in [0.2, 0.25) is 0 Å². The lowest BCUT2D eigenvalue weighted by Gasteiger charge is -2.17. The van der Waals surface area contributed by atoms with Crippen LogP contribution >= 0.6 is 0 Å². The fraction of sp³-hybridized carbons (Fsp3) is 0.222. The third-order valence-electron chi connectivity index (χ3n) is 3.88. The maximum Gasteiger partial charge on any atom is 0.272 e. The van der Waals surface area contributed by atoms with E-state index in [0.29, 0.717) is 5.69 Å². The molecule has 0 aliphatic rings. The number of nitrogens with zero attached hydrogens (tertiary/aromatic N) is 1. The predicted octanol–water partition coefficient (Wildman–Crippen LogP) is 3.75. The number of benzene rings is 2. The highest BCUT2D eigenvalue weighted by Gasteiger charge is 2.18. The van der Waals surface area contributed by atoms with Crippen LogP contribution in [-0.4, -0.2) is 16.1 Å². The van der Waals surface area contributed by atoms with Crippen LogP contribution in [0.5, 0.6) is 0 Å². The van der Waals surface area contributed by atoms with Gasteiger partial charge in [-0.25, -0.2) is 0 Å². The van der Waals surface area contributed by atoms with E-state index in [1.807, 2.05) is 24.3 Å². The molecule has 0 aliphatic heterocycles. The molecule has 1 amide bonds. The first-order valence-corrected chi connectivity index (χ1v) is 7.49. The third kappa shape index (κ3) is 2.72. The molecule has 4 nitrogen and oxygen atoms in total. The van der Waals surface area contributed by atoms with Crippen molar-refractivity contribution in [2.45, 2.75) is 26.3 Å². The number of para-hydroxylation sites is 1. The molecule has 1 heterocycles. The SMILES string of the molecule is CCC(NC(=O)c1n[nH]c2ccccc12)c1ccc(C)cc1. The van der Waals surface area contributed by atoms with Gasteiger partial charge in [0.15, 0.2) is 5.69 Å². The molecule has 3 aromatic rings. The summed E-state index contributed by atoms with van der Waals surface area (Å²) in [6.45, 7) is 4.12. The molecule has 112 valence electrons. The second kappa shape index (κ2) is 6.02. The highest BCUT2D eigenvalue weighted by atomic mass is 16.2. The summed E-state index contributed by atoms with van der Waals surface area (Å²) in [4.78, 5) is 12.5. The van der Waals surface area contributed by atoms with Crippen molar-refractivity contribution < 1.29 is 4.79 Å². The minimum atomic E-state index is -0.148. The Labute approximate surface area is 129 Å². The van der Waals surface area contributed by atoms with Crippen LogP contribution in [0.3, 0.4) is 0 Å². The molecule has 0 saturated heterocycles. The van der Waals surface area contributed by atoms with Gasteiger partial charge in [-0.15, -0.1) is 0 Å². The largest absolute Gasteiger partial charge is 0.344 e. The number of rotatable bonds is 4. The van der Waals surface area contributed by atoms with E-state index in [4.69, 9.17) is 0 Å². The van der Waals surface area contributed by atoms with Gasteiger partial charge >= 0.3 is 0 Å². The molecule has 0 saturated carbocycles. The molecule has 0 radical (unpaired) electrons. The van der Waals surface area contributed by atoms with E-state index < -0.39 is 0 Å². The summed E-state index contributed by atoms with van der Waals surface area (Å²) in [6, 6.07) is 15.9. The average Bonchev–Trinajstić information content (AvgIpc) is 2.97. The summed E-state index contributed by atoms with van der Waals surface area (Å²) in [5.41, 5.74) is 3.64. The number of fused-ring (bicyclic) bond motifs is 1. The first-order chi connectivity index (χ1) is 10.7. The van der Waals surface area contributed by atoms with Crippen molar-refractivity contribution in [3.8, 4) is 0 Å². The van der Waals surface area contributed by atoms with E-state index in [2.05, 4.69) is 53.6 Å². The van der Waals surface area contributed by atoms with Gasteiger partial charge in [0.25, 0.3) is 5.91 Å². The molecule has 2 aromatic carbocycles. The van der Waals surface area contributed by atoms with Gasteiger partial charge in [-0.1, -0.05) is 55.0 Å². The topological polar surface area (TPSA) is 57.8 Å². The van der Waals surface area contributed by atoms with E-state index in [9.17, 15) is 4.79 Å². The molecule has 1 atom stereocenters. The van der Waals surface area contributed by atoms with E-state index in [-0.39, 0.29) is 11.9 Å². The second-order valence-electron chi connectivity index (χ2n) is 5.46. The summed E-state index contributed by atoms with van der Waals surface area (Å²) in [7, 11) is 0. The predicted molar refractivity (Wildman–Crippen MR) is 87.8 cm³/mol.